The van der Waals surface area contributed by atoms with Crippen molar-refractivity contribution in [2.75, 3.05) is 0 Å². The highest BCUT2D eigenvalue weighted by molar-refractivity contribution is 5.33. The third-order valence-electron chi connectivity index (χ3n) is 3.63. The van der Waals surface area contributed by atoms with Gasteiger partial charge in [0.15, 0.2) is 0 Å². The number of para-hydroxylation sites is 1. The summed E-state index contributed by atoms with van der Waals surface area (Å²) < 4.78 is 29.1. The molecule has 1 aliphatic rings. The van der Waals surface area contributed by atoms with Crippen LogP contribution < -0.4 is 10.1 Å². The molecule has 19 heavy (non-hydrogen) atoms. The van der Waals surface area contributed by atoms with Crippen LogP contribution in [0.25, 0.3) is 0 Å². The number of ether oxygens (including phenoxy) is 1. The maximum atomic E-state index is 12.3. The lowest BCUT2D eigenvalue weighted by Gasteiger charge is -2.17. The zero-order valence-electron chi connectivity index (χ0n) is 11.1. The van der Waals surface area contributed by atoms with E-state index in [9.17, 15) is 8.78 Å². The van der Waals surface area contributed by atoms with E-state index in [0.717, 1.165) is 5.56 Å². The molecule has 2 nitrogen and oxygen atoms in total. The molecular formula is C15H21F2NO. The standard InChI is InChI=1S/C15H21F2NO/c16-15(17)19-14-10-6-5-7-12(14)11-18-13-8-3-1-2-4-9-13/h5-7,10,13,15,18H,1-4,8-9,11H2. The number of nitrogens with one attached hydrogen (secondary N) is 1. The molecule has 0 atom stereocenters. The van der Waals surface area contributed by atoms with E-state index in [1.807, 2.05) is 12.1 Å². The lowest BCUT2D eigenvalue weighted by atomic mass is 10.1. The second-order valence-electron chi connectivity index (χ2n) is 5.06. The van der Waals surface area contributed by atoms with Crippen molar-refractivity contribution in [2.45, 2.75) is 57.7 Å². The van der Waals surface area contributed by atoms with E-state index in [4.69, 9.17) is 0 Å². The quantitative estimate of drug-likeness (QED) is 0.812. The van der Waals surface area contributed by atoms with Gasteiger partial charge in [-0.25, -0.2) is 0 Å². The highest BCUT2D eigenvalue weighted by Gasteiger charge is 2.13. The minimum atomic E-state index is -2.76. The topological polar surface area (TPSA) is 21.3 Å². The summed E-state index contributed by atoms with van der Waals surface area (Å²) in [5, 5.41) is 3.47. The average molecular weight is 269 g/mol. The smallest absolute Gasteiger partial charge is 0.387 e. The van der Waals surface area contributed by atoms with Crippen molar-refractivity contribution < 1.29 is 13.5 Å². The predicted octanol–water partition coefficient (Wildman–Crippen LogP) is 4.10. The van der Waals surface area contributed by atoms with Gasteiger partial charge in [-0.15, -0.1) is 0 Å². The van der Waals surface area contributed by atoms with Crippen molar-refractivity contribution in [1.29, 1.82) is 0 Å². The van der Waals surface area contributed by atoms with Crippen molar-refractivity contribution in [1.82, 2.24) is 5.32 Å². The van der Waals surface area contributed by atoms with Crippen LogP contribution >= 0.6 is 0 Å². The fraction of sp³-hybridized carbons (Fsp3) is 0.600. The lowest BCUT2D eigenvalue weighted by molar-refractivity contribution is -0.0505. The second kappa shape index (κ2) is 7.43. The third kappa shape index (κ3) is 4.78. The van der Waals surface area contributed by atoms with Crippen molar-refractivity contribution in [2.24, 2.45) is 0 Å². The zero-order chi connectivity index (χ0) is 13.5. The maximum absolute atomic E-state index is 12.3. The Morgan fingerprint density at radius 2 is 1.79 bits per heavy atom. The number of benzene rings is 1. The van der Waals surface area contributed by atoms with Crippen LogP contribution in [0.2, 0.25) is 0 Å². The first-order valence-corrected chi connectivity index (χ1v) is 7.02. The van der Waals surface area contributed by atoms with Crippen LogP contribution in [0.4, 0.5) is 8.78 Å². The van der Waals surface area contributed by atoms with Gasteiger partial charge in [0.1, 0.15) is 5.75 Å². The van der Waals surface area contributed by atoms with Crippen LogP contribution in [-0.4, -0.2) is 12.7 Å². The Morgan fingerprint density at radius 1 is 1.11 bits per heavy atom. The summed E-state index contributed by atoms with van der Waals surface area (Å²) in [5.41, 5.74) is 0.798. The molecule has 0 aromatic heterocycles. The first-order chi connectivity index (χ1) is 9.25. The lowest BCUT2D eigenvalue weighted by Crippen LogP contribution is -2.28. The molecule has 1 aromatic rings. The fourth-order valence-corrected chi connectivity index (χ4v) is 2.60. The van der Waals surface area contributed by atoms with Gasteiger partial charge in [-0.05, 0) is 18.9 Å². The molecule has 1 saturated carbocycles. The molecule has 1 aliphatic carbocycles. The molecule has 0 spiro atoms. The largest absolute Gasteiger partial charge is 0.434 e. The Kier molecular flexibility index (Phi) is 5.58. The van der Waals surface area contributed by atoms with Gasteiger partial charge in [-0.2, -0.15) is 8.78 Å². The predicted molar refractivity (Wildman–Crippen MR) is 71.4 cm³/mol. The van der Waals surface area contributed by atoms with E-state index in [2.05, 4.69) is 10.1 Å². The van der Waals surface area contributed by atoms with Crippen molar-refractivity contribution >= 4 is 0 Å². The summed E-state index contributed by atoms with van der Waals surface area (Å²) in [6.07, 6.45) is 7.49. The van der Waals surface area contributed by atoms with Crippen LogP contribution in [0.3, 0.4) is 0 Å². The Balaban J connectivity index is 1.90. The minimum Gasteiger partial charge on any atom is -0.434 e. The summed E-state index contributed by atoms with van der Waals surface area (Å²) in [5.74, 6) is 0.277. The second-order valence-corrected chi connectivity index (χ2v) is 5.06. The minimum absolute atomic E-state index is 0.277. The summed E-state index contributed by atoms with van der Waals surface area (Å²) in [7, 11) is 0. The Labute approximate surface area is 113 Å². The van der Waals surface area contributed by atoms with Gasteiger partial charge in [-0.1, -0.05) is 43.9 Å². The average Bonchev–Trinajstić information content (AvgIpc) is 2.65. The van der Waals surface area contributed by atoms with Crippen molar-refractivity contribution in [3.05, 3.63) is 29.8 Å². The number of hydrogen-bond donors (Lipinski definition) is 1. The Bertz CT molecular complexity index is 376. The first-order valence-electron chi connectivity index (χ1n) is 7.02. The highest BCUT2D eigenvalue weighted by Crippen LogP contribution is 2.22. The first kappa shape index (κ1) is 14.3. The molecule has 1 fully saturated rings. The molecule has 106 valence electrons. The van der Waals surface area contributed by atoms with E-state index in [1.54, 1.807) is 12.1 Å². The SMILES string of the molecule is FC(F)Oc1ccccc1CNC1CCCCCC1. The molecule has 0 amide bonds. The summed E-state index contributed by atoms with van der Waals surface area (Å²) in [4.78, 5) is 0. The van der Waals surface area contributed by atoms with E-state index in [-0.39, 0.29) is 5.75 Å². The van der Waals surface area contributed by atoms with Crippen molar-refractivity contribution in [3.8, 4) is 5.75 Å². The molecule has 2 rings (SSSR count). The van der Waals surface area contributed by atoms with Gasteiger partial charge < -0.3 is 10.1 Å². The van der Waals surface area contributed by atoms with Gasteiger partial charge in [0.2, 0.25) is 0 Å². The molecule has 0 aliphatic heterocycles. The summed E-state index contributed by atoms with van der Waals surface area (Å²) in [6.45, 7) is -2.17. The zero-order valence-corrected chi connectivity index (χ0v) is 11.1. The van der Waals surface area contributed by atoms with E-state index in [1.165, 1.54) is 38.5 Å². The Morgan fingerprint density at radius 3 is 2.47 bits per heavy atom. The molecule has 0 radical (unpaired) electrons. The normalized spacial score (nSPS) is 17.4. The van der Waals surface area contributed by atoms with Crippen LogP contribution in [0.15, 0.2) is 24.3 Å². The molecule has 4 heteroatoms. The van der Waals surface area contributed by atoms with Crippen molar-refractivity contribution in [3.63, 3.8) is 0 Å². The molecule has 0 saturated heterocycles. The van der Waals surface area contributed by atoms with Gasteiger partial charge in [0, 0.05) is 18.2 Å². The summed E-state index contributed by atoms with van der Waals surface area (Å²) >= 11 is 0. The van der Waals surface area contributed by atoms with Crippen LogP contribution in [-0.2, 0) is 6.54 Å². The maximum Gasteiger partial charge on any atom is 0.387 e. The molecule has 0 unspecified atom stereocenters. The van der Waals surface area contributed by atoms with Crippen LogP contribution in [0, 0.1) is 0 Å². The van der Waals surface area contributed by atoms with E-state index >= 15 is 0 Å². The number of halogens is 2. The molecular weight excluding hydrogens is 248 g/mol. The number of rotatable bonds is 5. The van der Waals surface area contributed by atoms with Gasteiger partial charge in [0.05, 0.1) is 0 Å². The number of hydrogen-bond acceptors (Lipinski definition) is 2. The van der Waals surface area contributed by atoms with Gasteiger partial charge in [0.25, 0.3) is 0 Å². The Hall–Kier alpha value is -1.16. The monoisotopic (exact) mass is 269 g/mol. The number of alkyl halides is 2. The van der Waals surface area contributed by atoms with E-state index in [0.29, 0.717) is 12.6 Å². The van der Waals surface area contributed by atoms with E-state index < -0.39 is 6.61 Å². The molecule has 1 N–H and O–H groups in total. The van der Waals surface area contributed by atoms with Crippen LogP contribution in [0.1, 0.15) is 44.1 Å². The fourth-order valence-electron chi connectivity index (χ4n) is 2.60. The molecule has 0 heterocycles. The van der Waals surface area contributed by atoms with Gasteiger partial charge >= 0.3 is 6.61 Å². The third-order valence-corrected chi connectivity index (χ3v) is 3.63. The van der Waals surface area contributed by atoms with Crippen LogP contribution in [0.5, 0.6) is 5.75 Å². The molecule has 0 bridgehead atoms. The van der Waals surface area contributed by atoms with Gasteiger partial charge in [-0.3, -0.25) is 0 Å². The highest BCUT2D eigenvalue weighted by atomic mass is 19.3. The summed E-state index contributed by atoms with van der Waals surface area (Å²) in [6, 6.07) is 7.49. The molecule has 1 aromatic carbocycles.